The minimum atomic E-state index is -0.281. The zero-order valence-electron chi connectivity index (χ0n) is 19.0. The average molecular weight is 458 g/mol. The predicted molar refractivity (Wildman–Crippen MR) is 121 cm³/mol. The summed E-state index contributed by atoms with van der Waals surface area (Å²) in [6, 6.07) is 10.5. The van der Waals surface area contributed by atoms with Crippen molar-refractivity contribution in [3.05, 3.63) is 54.0 Å². The van der Waals surface area contributed by atoms with Crippen molar-refractivity contribution < 1.29 is 28.2 Å². The normalized spacial score (nSPS) is 19.3. The number of hydrogen-bond acceptors (Lipinski definition) is 7. The lowest BCUT2D eigenvalue weighted by Crippen LogP contribution is -2.52. The second-order valence-corrected chi connectivity index (χ2v) is 8.16. The van der Waals surface area contributed by atoms with E-state index < -0.39 is 0 Å². The molecule has 2 amide bonds. The van der Waals surface area contributed by atoms with Crippen LogP contribution in [0.2, 0.25) is 0 Å². The van der Waals surface area contributed by atoms with Crippen LogP contribution in [0.25, 0.3) is 0 Å². The van der Waals surface area contributed by atoms with Gasteiger partial charge in [-0.15, -0.1) is 0 Å². The van der Waals surface area contributed by atoms with Crippen molar-refractivity contribution in [2.45, 2.75) is 6.10 Å². The molecule has 9 heteroatoms. The van der Waals surface area contributed by atoms with Crippen LogP contribution >= 0.6 is 0 Å². The summed E-state index contributed by atoms with van der Waals surface area (Å²) in [6.45, 7) is 6.14. The number of furan rings is 1. The molecule has 9 nitrogen and oxygen atoms in total. The fourth-order valence-electron chi connectivity index (χ4n) is 4.12. The molecular weight excluding hydrogens is 426 g/mol. The highest BCUT2D eigenvalue weighted by molar-refractivity contribution is 5.94. The maximum absolute atomic E-state index is 13.4. The highest BCUT2D eigenvalue weighted by Gasteiger charge is 2.29. The maximum atomic E-state index is 13.4. The van der Waals surface area contributed by atoms with Gasteiger partial charge in [-0.05, 0) is 30.3 Å². The first-order valence-corrected chi connectivity index (χ1v) is 11.3. The number of carbonyl (C=O) groups is 2. The smallest absolute Gasteiger partial charge is 0.289 e. The number of amides is 2. The topological polar surface area (TPSA) is 84.7 Å². The maximum Gasteiger partial charge on any atom is 0.289 e. The van der Waals surface area contributed by atoms with Gasteiger partial charge < -0.3 is 28.4 Å². The average Bonchev–Trinajstić information content (AvgIpc) is 3.41. The van der Waals surface area contributed by atoms with Crippen LogP contribution in [0.15, 0.2) is 47.1 Å². The zero-order valence-corrected chi connectivity index (χ0v) is 19.0. The molecule has 2 aliphatic rings. The summed E-state index contributed by atoms with van der Waals surface area (Å²) in [7, 11) is 1.58. The molecule has 0 bridgehead atoms. The fourth-order valence-corrected chi connectivity index (χ4v) is 4.12. The van der Waals surface area contributed by atoms with E-state index in [9.17, 15) is 9.59 Å². The van der Waals surface area contributed by atoms with Gasteiger partial charge in [0, 0.05) is 51.4 Å². The van der Waals surface area contributed by atoms with Gasteiger partial charge in [-0.2, -0.15) is 0 Å². The zero-order chi connectivity index (χ0) is 23.0. The van der Waals surface area contributed by atoms with Crippen LogP contribution in [-0.4, -0.2) is 105 Å². The molecule has 3 heterocycles. The van der Waals surface area contributed by atoms with Gasteiger partial charge in [0.25, 0.3) is 11.8 Å². The predicted octanol–water partition coefficient (Wildman–Crippen LogP) is 1.60. The number of rotatable bonds is 8. The molecule has 33 heavy (non-hydrogen) atoms. The number of methoxy groups -OCH3 is 1. The quantitative estimate of drug-likeness (QED) is 0.595. The lowest BCUT2D eigenvalue weighted by molar-refractivity contribution is -0.0354. The Hall–Kier alpha value is -2.88. The van der Waals surface area contributed by atoms with E-state index in [2.05, 4.69) is 4.90 Å². The van der Waals surface area contributed by atoms with E-state index in [4.69, 9.17) is 18.6 Å². The largest absolute Gasteiger partial charge is 0.497 e. The Morgan fingerprint density at radius 3 is 2.73 bits per heavy atom. The molecule has 2 aromatic rings. The van der Waals surface area contributed by atoms with E-state index in [-0.39, 0.29) is 17.9 Å². The van der Waals surface area contributed by atoms with E-state index in [0.717, 1.165) is 19.6 Å². The summed E-state index contributed by atoms with van der Waals surface area (Å²) in [4.78, 5) is 32.0. The van der Waals surface area contributed by atoms with Gasteiger partial charge in [0.15, 0.2) is 5.76 Å². The first-order valence-electron chi connectivity index (χ1n) is 11.3. The summed E-state index contributed by atoms with van der Waals surface area (Å²) in [5.41, 5.74) is 0.565. The molecule has 1 aromatic heterocycles. The highest BCUT2D eigenvalue weighted by atomic mass is 16.5. The van der Waals surface area contributed by atoms with E-state index in [0.29, 0.717) is 63.1 Å². The van der Waals surface area contributed by atoms with Crippen molar-refractivity contribution >= 4 is 11.8 Å². The molecule has 0 N–H and O–H groups in total. The minimum absolute atomic E-state index is 0.0831. The Kier molecular flexibility index (Phi) is 7.98. The Bertz CT molecular complexity index is 913. The van der Waals surface area contributed by atoms with E-state index in [1.165, 1.54) is 6.26 Å². The lowest BCUT2D eigenvalue weighted by Gasteiger charge is -2.36. The van der Waals surface area contributed by atoms with Crippen molar-refractivity contribution in [2.75, 3.05) is 72.7 Å². The third-order valence-electron chi connectivity index (χ3n) is 5.98. The Labute approximate surface area is 193 Å². The van der Waals surface area contributed by atoms with E-state index >= 15 is 0 Å². The van der Waals surface area contributed by atoms with Crippen molar-refractivity contribution in [3.8, 4) is 5.75 Å². The minimum Gasteiger partial charge on any atom is -0.497 e. The van der Waals surface area contributed by atoms with Gasteiger partial charge >= 0.3 is 0 Å². The van der Waals surface area contributed by atoms with Gasteiger partial charge in [0.05, 0.1) is 39.3 Å². The fraction of sp³-hybridized carbons (Fsp3) is 0.500. The van der Waals surface area contributed by atoms with Crippen LogP contribution in [-0.2, 0) is 9.47 Å². The third kappa shape index (κ3) is 6.13. The first kappa shape index (κ1) is 23.3. The Morgan fingerprint density at radius 1 is 1.12 bits per heavy atom. The molecule has 0 unspecified atom stereocenters. The summed E-state index contributed by atoms with van der Waals surface area (Å²) < 4.78 is 21.9. The second-order valence-electron chi connectivity index (χ2n) is 8.16. The number of ether oxygens (including phenoxy) is 3. The summed E-state index contributed by atoms with van der Waals surface area (Å²) in [5.74, 6) is 0.706. The molecule has 4 rings (SSSR count). The van der Waals surface area contributed by atoms with Crippen LogP contribution in [0.3, 0.4) is 0 Å². The van der Waals surface area contributed by atoms with Gasteiger partial charge in [-0.25, -0.2) is 0 Å². The van der Waals surface area contributed by atoms with E-state index in [1.807, 2.05) is 17.0 Å². The molecule has 1 atom stereocenters. The molecule has 0 aliphatic carbocycles. The van der Waals surface area contributed by atoms with Gasteiger partial charge in [0.2, 0.25) is 0 Å². The Morgan fingerprint density at radius 2 is 1.97 bits per heavy atom. The molecule has 0 spiro atoms. The highest BCUT2D eigenvalue weighted by Crippen LogP contribution is 2.17. The number of benzene rings is 1. The van der Waals surface area contributed by atoms with E-state index in [1.54, 1.807) is 36.3 Å². The summed E-state index contributed by atoms with van der Waals surface area (Å²) in [6.07, 6.45) is 1.21. The Balaban J connectivity index is 1.44. The van der Waals surface area contributed by atoms with Crippen molar-refractivity contribution in [1.82, 2.24) is 14.7 Å². The number of morpholine rings is 2. The molecule has 2 aliphatic heterocycles. The first-order chi connectivity index (χ1) is 16.1. The standard InChI is InChI=1S/C24H31N3O6/c1-30-20-5-2-4-19(16-20)23(28)26(8-7-25-9-13-31-14-10-25)17-21-18-27(11-15-32-21)24(29)22-6-3-12-33-22/h2-6,12,16,21H,7-11,13-15,17-18H2,1H3/t21-/m1/s1. The van der Waals surface area contributed by atoms with Crippen LogP contribution in [0, 0.1) is 0 Å². The molecule has 178 valence electrons. The number of carbonyl (C=O) groups excluding carboxylic acids is 2. The number of nitrogens with zero attached hydrogens (tertiary/aromatic N) is 3. The molecule has 0 radical (unpaired) electrons. The SMILES string of the molecule is COc1cccc(C(=O)N(CCN2CCOCC2)C[C@@H]2CN(C(=O)c3ccco3)CCO2)c1. The van der Waals surface area contributed by atoms with Crippen LogP contribution in [0.4, 0.5) is 0 Å². The molecule has 2 saturated heterocycles. The number of hydrogen-bond donors (Lipinski definition) is 0. The van der Waals surface area contributed by atoms with Crippen molar-refractivity contribution in [3.63, 3.8) is 0 Å². The van der Waals surface area contributed by atoms with Crippen LogP contribution in [0.1, 0.15) is 20.9 Å². The molecular formula is C24H31N3O6. The molecule has 0 saturated carbocycles. The van der Waals surface area contributed by atoms with Gasteiger partial charge in [-0.1, -0.05) is 6.07 Å². The van der Waals surface area contributed by atoms with Crippen molar-refractivity contribution in [2.24, 2.45) is 0 Å². The molecule has 2 fully saturated rings. The third-order valence-corrected chi connectivity index (χ3v) is 5.98. The van der Waals surface area contributed by atoms with Crippen LogP contribution in [0.5, 0.6) is 5.75 Å². The van der Waals surface area contributed by atoms with Gasteiger partial charge in [0.1, 0.15) is 5.75 Å². The summed E-state index contributed by atoms with van der Waals surface area (Å²) >= 11 is 0. The second kappa shape index (κ2) is 11.3. The van der Waals surface area contributed by atoms with Crippen molar-refractivity contribution in [1.29, 1.82) is 0 Å². The lowest BCUT2D eigenvalue weighted by atomic mass is 10.1. The molecule has 1 aromatic carbocycles. The summed E-state index contributed by atoms with van der Waals surface area (Å²) in [5, 5.41) is 0. The van der Waals surface area contributed by atoms with Gasteiger partial charge in [-0.3, -0.25) is 14.5 Å². The van der Waals surface area contributed by atoms with Crippen LogP contribution < -0.4 is 4.74 Å². The monoisotopic (exact) mass is 457 g/mol.